The van der Waals surface area contributed by atoms with E-state index in [0.717, 1.165) is 12.3 Å². The largest absolute Gasteiger partial charge is 0.478 e. The van der Waals surface area contributed by atoms with E-state index in [2.05, 4.69) is 57.2 Å². The van der Waals surface area contributed by atoms with Gasteiger partial charge < -0.3 is 4.74 Å². The van der Waals surface area contributed by atoms with Gasteiger partial charge in [0.1, 0.15) is 6.61 Å². The second-order valence-electron chi connectivity index (χ2n) is 5.98. The van der Waals surface area contributed by atoms with Gasteiger partial charge in [0.25, 0.3) is 0 Å². The van der Waals surface area contributed by atoms with E-state index in [1.54, 1.807) is 0 Å². The third-order valence-electron chi connectivity index (χ3n) is 3.78. The average Bonchev–Trinajstić information content (AvgIpc) is 2.71. The van der Waals surface area contributed by atoms with Gasteiger partial charge in [0.2, 0.25) is 0 Å². The Morgan fingerprint density at radius 1 is 1.17 bits per heavy atom. The minimum absolute atomic E-state index is 0.0986. The van der Waals surface area contributed by atoms with Crippen LogP contribution in [-0.4, -0.2) is 18.0 Å². The number of nitrogens with zero attached hydrogens (tertiary/aromatic N) is 1. The summed E-state index contributed by atoms with van der Waals surface area (Å²) in [7, 11) is 0. The van der Waals surface area contributed by atoms with E-state index in [1.807, 2.05) is 0 Å². The zero-order chi connectivity index (χ0) is 12.8. The zero-order valence-electron chi connectivity index (χ0n) is 11.2. The Balaban J connectivity index is 2.10. The summed E-state index contributed by atoms with van der Waals surface area (Å²) in [6, 6.07) is 8.57. The number of fused-ring (bicyclic) bond motifs is 1. The van der Waals surface area contributed by atoms with Gasteiger partial charge in [-0.25, -0.2) is 4.99 Å². The zero-order valence-corrected chi connectivity index (χ0v) is 11.2. The van der Waals surface area contributed by atoms with Crippen LogP contribution in [0, 0.1) is 0 Å². The first-order valence-electron chi connectivity index (χ1n) is 6.50. The topological polar surface area (TPSA) is 21.6 Å². The van der Waals surface area contributed by atoms with Crippen LogP contribution in [0.4, 0.5) is 0 Å². The molecule has 2 aliphatic rings. The molecule has 0 spiro atoms. The maximum absolute atomic E-state index is 5.87. The highest BCUT2D eigenvalue weighted by atomic mass is 16.5. The van der Waals surface area contributed by atoms with E-state index in [-0.39, 0.29) is 11.0 Å². The van der Waals surface area contributed by atoms with Crippen LogP contribution in [-0.2, 0) is 16.6 Å². The SMILES string of the molecule is CC1(C)COC(C2(C)C=CCc3ccccc32)=N1. The number of benzene rings is 1. The molecule has 94 valence electrons. The van der Waals surface area contributed by atoms with E-state index in [1.165, 1.54) is 11.1 Å². The third-order valence-corrected chi connectivity index (χ3v) is 3.78. The summed E-state index contributed by atoms with van der Waals surface area (Å²) in [4.78, 5) is 4.76. The molecule has 0 radical (unpaired) electrons. The smallest absolute Gasteiger partial charge is 0.198 e. The molecule has 0 bridgehead atoms. The lowest BCUT2D eigenvalue weighted by atomic mass is 9.75. The first kappa shape index (κ1) is 11.5. The van der Waals surface area contributed by atoms with Gasteiger partial charge in [-0.15, -0.1) is 0 Å². The van der Waals surface area contributed by atoms with Gasteiger partial charge in [-0.1, -0.05) is 36.4 Å². The van der Waals surface area contributed by atoms with Crippen molar-refractivity contribution in [1.29, 1.82) is 0 Å². The van der Waals surface area contributed by atoms with E-state index in [9.17, 15) is 0 Å². The van der Waals surface area contributed by atoms with Crippen molar-refractivity contribution in [2.45, 2.75) is 38.1 Å². The minimum Gasteiger partial charge on any atom is -0.478 e. The first-order valence-corrected chi connectivity index (χ1v) is 6.50. The van der Waals surface area contributed by atoms with Crippen LogP contribution in [0.1, 0.15) is 31.9 Å². The predicted molar refractivity (Wildman–Crippen MR) is 74.1 cm³/mol. The molecule has 0 fully saturated rings. The van der Waals surface area contributed by atoms with Crippen LogP contribution in [0.2, 0.25) is 0 Å². The Labute approximate surface area is 108 Å². The van der Waals surface area contributed by atoms with Crippen molar-refractivity contribution in [3.05, 3.63) is 47.5 Å². The van der Waals surface area contributed by atoms with Gasteiger partial charge in [-0.05, 0) is 38.3 Å². The maximum atomic E-state index is 5.87. The van der Waals surface area contributed by atoms with Crippen LogP contribution in [0.25, 0.3) is 0 Å². The van der Waals surface area contributed by atoms with Gasteiger partial charge in [0.05, 0.1) is 11.0 Å². The van der Waals surface area contributed by atoms with Crippen molar-refractivity contribution >= 4 is 5.90 Å². The summed E-state index contributed by atoms with van der Waals surface area (Å²) in [6.45, 7) is 7.10. The molecule has 1 heterocycles. The quantitative estimate of drug-likeness (QED) is 0.691. The van der Waals surface area contributed by atoms with E-state index >= 15 is 0 Å². The Bertz CT molecular complexity index is 542. The fraction of sp³-hybridized carbons (Fsp3) is 0.438. The third kappa shape index (κ3) is 1.67. The molecule has 0 amide bonds. The molecule has 1 aromatic rings. The van der Waals surface area contributed by atoms with Crippen LogP contribution < -0.4 is 0 Å². The van der Waals surface area contributed by atoms with Crippen LogP contribution in [0.15, 0.2) is 41.4 Å². The summed E-state index contributed by atoms with van der Waals surface area (Å²) in [6.07, 6.45) is 5.46. The van der Waals surface area contributed by atoms with Crippen LogP contribution in [0.5, 0.6) is 0 Å². The second kappa shape index (κ2) is 3.71. The van der Waals surface area contributed by atoms with Gasteiger partial charge in [0, 0.05) is 0 Å². The molecule has 18 heavy (non-hydrogen) atoms. The summed E-state index contributed by atoms with van der Waals surface area (Å²) in [5.74, 6) is 0.857. The molecule has 0 aromatic heterocycles. The molecular formula is C16H19NO. The number of hydrogen-bond donors (Lipinski definition) is 0. The fourth-order valence-corrected chi connectivity index (χ4v) is 2.75. The monoisotopic (exact) mass is 241 g/mol. The number of rotatable bonds is 1. The van der Waals surface area contributed by atoms with Crippen molar-refractivity contribution < 1.29 is 4.74 Å². The van der Waals surface area contributed by atoms with Gasteiger partial charge >= 0.3 is 0 Å². The highest BCUT2D eigenvalue weighted by Crippen LogP contribution is 2.37. The molecule has 2 nitrogen and oxygen atoms in total. The molecule has 1 aromatic carbocycles. The van der Waals surface area contributed by atoms with Crippen molar-refractivity contribution in [1.82, 2.24) is 0 Å². The molecule has 1 aliphatic carbocycles. The highest BCUT2D eigenvalue weighted by molar-refractivity contribution is 5.92. The molecule has 2 heteroatoms. The number of hydrogen-bond acceptors (Lipinski definition) is 2. The van der Waals surface area contributed by atoms with Crippen molar-refractivity contribution in [2.75, 3.05) is 6.61 Å². The maximum Gasteiger partial charge on any atom is 0.198 e. The number of allylic oxidation sites excluding steroid dienone is 1. The Morgan fingerprint density at radius 2 is 1.94 bits per heavy atom. The molecule has 1 unspecified atom stereocenters. The minimum atomic E-state index is -0.206. The highest BCUT2D eigenvalue weighted by Gasteiger charge is 2.40. The Kier molecular flexibility index (Phi) is 2.37. The number of aliphatic imine (C=N–C) groups is 1. The average molecular weight is 241 g/mol. The van der Waals surface area contributed by atoms with Gasteiger partial charge in [0.15, 0.2) is 5.90 Å². The summed E-state index contributed by atoms with van der Waals surface area (Å²) >= 11 is 0. The number of ether oxygens (including phenoxy) is 1. The fourth-order valence-electron chi connectivity index (χ4n) is 2.75. The lowest BCUT2D eigenvalue weighted by Crippen LogP contribution is -2.33. The van der Waals surface area contributed by atoms with Gasteiger partial charge in [-0.2, -0.15) is 0 Å². The molecular weight excluding hydrogens is 222 g/mol. The van der Waals surface area contributed by atoms with Crippen LogP contribution in [0.3, 0.4) is 0 Å². The van der Waals surface area contributed by atoms with Crippen LogP contribution >= 0.6 is 0 Å². The second-order valence-corrected chi connectivity index (χ2v) is 5.98. The van der Waals surface area contributed by atoms with E-state index in [0.29, 0.717) is 6.61 Å². The van der Waals surface area contributed by atoms with Gasteiger partial charge in [-0.3, -0.25) is 0 Å². The van der Waals surface area contributed by atoms with E-state index in [4.69, 9.17) is 9.73 Å². The first-order chi connectivity index (χ1) is 8.51. The normalized spacial score (nSPS) is 28.5. The lowest BCUT2D eigenvalue weighted by Gasteiger charge is -2.30. The summed E-state index contributed by atoms with van der Waals surface area (Å²) in [5, 5.41) is 0. The van der Waals surface area contributed by atoms with E-state index < -0.39 is 0 Å². The molecule has 0 N–H and O–H groups in total. The van der Waals surface area contributed by atoms with Crippen molar-refractivity contribution in [2.24, 2.45) is 4.99 Å². The lowest BCUT2D eigenvalue weighted by molar-refractivity contribution is 0.266. The molecule has 1 aliphatic heterocycles. The summed E-state index contributed by atoms with van der Waals surface area (Å²) in [5.41, 5.74) is 2.39. The van der Waals surface area contributed by atoms with Crippen molar-refractivity contribution in [3.63, 3.8) is 0 Å². The standard InChI is InChI=1S/C16H19NO/c1-15(2)11-18-14(17-15)16(3)10-6-8-12-7-4-5-9-13(12)16/h4-7,9-10H,8,11H2,1-3H3. The molecule has 0 saturated carbocycles. The molecule has 0 saturated heterocycles. The molecule has 1 atom stereocenters. The molecule has 3 rings (SSSR count). The predicted octanol–water partition coefficient (Wildman–Crippen LogP) is 3.26. The van der Waals surface area contributed by atoms with Crippen molar-refractivity contribution in [3.8, 4) is 0 Å². The Hall–Kier alpha value is -1.57. The summed E-state index contributed by atoms with van der Waals surface area (Å²) < 4.78 is 5.87. The Morgan fingerprint density at radius 3 is 2.67 bits per heavy atom.